The maximum Gasteiger partial charge on any atom is 0.501 e. The summed E-state index contributed by atoms with van der Waals surface area (Å²) in [6.45, 7) is 0. The second kappa shape index (κ2) is 11.4. The van der Waals surface area contributed by atoms with Gasteiger partial charge in [-0.2, -0.15) is 13.2 Å². The number of allylic oxidation sites excluding steroid dienone is 1. The summed E-state index contributed by atoms with van der Waals surface area (Å²) in [5.74, 6) is -5.11. The number of carboxylic acid groups (broad SMARTS) is 1. The van der Waals surface area contributed by atoms with Crippen LogP contribution in [0.5, 0.6) is 5.75 Å². The fourth-order valence-electron chi connectivity index (χ4n) is 5.54. The van der Waals surface area contributed by atoms with E-state index in [1.165, 1.54) is 31.5 Å². The van der Waals surface area contributed by atoms with E-state index in [2.05, 4.69) is 15.6 Å². The number of nitrogens with one attached hydrogen (secondary N) is 2. The van der Waals surface area contributed by atoms with Crippen LogP contribution in [0.4, 0.5) is 23.2 Å². The minimum Gasteiger partial charge on any atom is -0.496 e. The van der Waals surface area contributed by atoms with Crippen LogP contribution in [0.15, 0.2) is 71.8 Å². The normalized spacial score (nSPS) is 20.8. The number of benzene rings is 2. The van der Waals surface area contributed by atoms with Crippen LogP contribution in [-0.2, 0) is 14.6 Å². The summed E-state index contributed by atoms with van der Waals surface area (Å²) in [5.41, 5.74) is -6.11. The van der Waals surface area contributed by atoms with Gasteiger partial charge >= 0.3 is 11.5 Å². The third kappa shape index (κ3) is 5.62. The molecule has 1 aromatic heterocycles. The minimum atomic E-state index is -5.65. The number of alkyl halides is 3. The van der Waals surface area contributed by atoms with Gasteiger partial charge < -0.3 is 20.5 Å². The van der Waals surface area contributed by atoms with Crippen molar-refractivity contribution in [1.29, 1.82) is 0 Å². The lowest BCUT2D eigenvalue weighted by Gasteiger charge is -2.28. The van der Waals surface area contributed by atoms with E-state index in [0.29, 0.717) is 12.5 Å². The highest BCUT2D eigenvalue weighted by atomic mass is 32.2. The van der Waals surface area contributed by atoms with E-state index >= 15 is 4.39 Å². The fourth-order valence-corrected chi connectivity index (χ4v) is 6.35. The Balaban J connectivity index is 1.41. The van der Waals surface area contributed by atoms with Crippen LogP contribution in [0.3, 0.4) is 0 Å². The van der Waals surface area contributed by atoms with E-state index in [4.69, 9.17) is 4.74 Å². The summed E-state index contributed by atoms with van der Waals surface area (Å²) in [6, 6.07) is 7.67. The molecule has 10 nitrogen and oxygen atoms in total. The molecule has 2 aliphatic rings. The highest BCUT2D eigenvalue weighted by Crippen LogP contribution is 2.45. The van der Waals surface area contributed by atoms with Crippen molar-refractivity contribution in [2.75, 3.05) is 12.4 Å². The molecule has 4 atom stereocenters. The number of carbonyl (C=O) groups is 3. The van der Waals surface area contributed by atoms with Crippen molar-refractivity contribution in [3.8, 4) is 16.9 Å². The molecule has 1 heterocycles. The topological polar surface area (TPSA) is 152 Å². The van der Waals surface area contributed by atoms with Crippen molar-refractivity contribution < 1.29 is 50.2 Å². The van der Waals surface area contributed by atoms with Gasteiger partial charge in [0.15, 0.2) is 0 Å². The average molecular weight is 634 g/mol. The molecule has 5 rings (SSSR count). The number of rotatable bonds is 8. The van der Waals surface area contributed by atoms with Crippen LogP contribution in [0.1, 0.15) is 27.3 Å². The highest BCUT2D eigenvalue weighted by molar-refractivity contribution is 7.92. The Kier molecular flexibility index (Phi) is 7.92. The zero-order chi connectivity index (χ0) is 32.0. The van der Waals surface area contributed by atoms with Crippen molar-refractivity contribution in [3.05, 3.63) is 84.0 Å². The smallest absolute Gasteiger partial charge is 0.496 e. The molecule has 15 heteroatoms. The number of methoxy groups -OCH3 is 1. The van der Waals surface area contributed by atoms with Crippen molar-refractivity contribution in [2.24, 2.45) is 17.8 Å². The number of aromatic carboxylic acids is 1. The molecule has 1 fully saturated rings. The molecule has 0 radical (unpaired) electrons. The number of anilines is 1. The third-order valence-electron chi connectivity index (χ3n) is 7.60. The van der Waals surface area contributed by atoms with Crippen LogP contribution < -0.4 is 15.4 Å². The van der Waals surface area contributed by atoms with Gasteiger partial charge in [0.05, 0.1) is 23.5 Å². The fraction of sp³-hybridized carbons (Fsp3) is 0.241. The first kappa shape index (κ1) is 30.7. The number of halogens is 4. The van der Waals surface area contributed by atoms with Gasteiger partial charge in [-0.3, -0.25) is 9.59 Å². The number of carbonyl (C=O) groups excluding carboxylic acids is 2. The number of ether oxygens (including phenoxy) is 1. The van der Waals surface area contributed by atoms with E-state index in [9.17, 15) is 41.1 Å². The van der Waals surface area contributed by atoms with Gasteiger partial charge in [-0.25, -0.2) is 22.6 Å². The van der Waals surface area contributed by atoms with Gasteiger partial charge in [-0.1, -0.05) is 18.2 Å². The van der Waals surface area contributed by atoms with Crippen LogP contribution in [0.2, 0.25) is 0 Å². The Morgan fingerprint density at radius 2 is 1.77 bits per heavy atom. The molecule has 230 valence electrons. The number of nitrogens with zero attached hydrogens (tertiary/aromatic N) is 1. The maximum absolute atomic E-state index is 15.0. The summed E-state index contributed by atoms with van der Waals surface area (Å²) < 4.78 is 83.0. The number of carboxylic acids is 1. The monoisotopic (exact) mass is 633 g/mol. The molecular weight excluding hydrogens is 610 g/mol. The Bertz CT molecular complexity index is 1810. The van der Waals surface area contributed by atoms with Gasteiger partial charge in [-0.05, 0) is 60.2 Å². The molecule has 4 unspecified atom stereocenters. The standard InChI is InChI=1S/C29H23F4N3O7S/c1-43-23-13-21(30)19(14-7-8-34-22(10-14)28(39)40)12-20(23)26(37)36-25-16-6-5-15(9-16)24(25)27(38)35-17-3-2-4-18(11-17)44(41,42)29(31,32)33/h2-8,10-13,15-16,24-25H,9H2,1H3,(H,35,38)(H,36,37)(H,39,40). The first-order chi connectivity index (χ1) is 20.7. The lowest BCUT2D eigenvalue weighted by Crippen LogP contribution is -2.47. The zero-order valence-electron chi connectivity index (χ0n) is 22.6. The van der Waals surface area contributed by atoms with E-state index in [-0.39, 0.29) is 45.7 Å². The van der Waals surface area contributed by atoms with E-state index in [1.807, 2.05) is 6.08 Å². The Labute approximate surface area is 247 Å². The molecule has 2 amide bonds. The molecular formula is C29H23F4N3O7S. The number of aromatic nitrogens is 1. The molecule has 3 N–H and O–H groups in total. The lowest BCUT2D eigenvalue weighted by molar-refractivity contribution is -0.121. The van der Waals surface area contributed by atoms with Crippen molar-refractivity contribution in [3.63, 3.8) is 0 Å². The summed E-state index contributed by atoms with van der Waals surface area (Å²) in [6.07, 6.45) is 5.29. The molecule has 1 saturated carbocycles. The predicted octanol–water partition coefficient (Wildman–Crippen LogP) is 4.45. The minimum absolute atomic E-state index is 0.100. The first-order valence-corrected chi connectivity index (χ1v) is 14.5. The summed E-state index contributed by atoms with van der Waals surface area (Å²) in [4.78, 5) is 41.0. The third-order valence-corrected chi connectivity index (χ3v) is 9.08. The van der Waals surface area contributed by atoms with E-state index < -0.39 is 55.8 Å². The summed E-state index contributed by atoms with van der Waals surface area (Å²) in [5, 5.41) is 14.5. The summed E-state index contributed by atoms with van der Waals surface area (Å²) in [7, 11) is -4.42. The molecule has 0 spiro atoms. The van der Waals surface area contributed by atoms with Gasteiger partial charge in [0, 0.05) is 29.6 Å². The molecule has 0 saturated heterocycles. The van der Waals surface area contributed by atoms with Crippen molar-refractivity contribution in [2.45, 2.75) is 22.9 Å². The number of hydrogen-bond donors (Lipinski definition) is 3. The lowest BCUT2D eigenvalue weighted by atomic mass is 9.87. The SMILES string of the molecule is COc1cc(F)c(-c2ccnc(C(=O)O)c2)cc1C(=O)NC1C2C=CC(C2)C1C(=O)Nc1cccc(S(=O)(=O)C(F)(F)F)c1. The Morgan fingerprint density at radius 3 is 2.45 bits per heavy atom. The largest absolute Gasteiger partial charge is 0.501 e. The Morgan fingerprint density at radius 1 is 1.05 bits per heavy atom. The quantitative estimate of drug-likeness (QED) is 0.243. The number of hydrogen-bond acceptors (Lipinski definition) is 7. The van der Waals surface area contributed by atoms with Gasteiger partial charge in [0.2, 0.25) is 5.91 Å². The molecule has 0 aliphatic heterocycles. The number of pyridine rings is 1. The van der Waals surface area contributed by atoms with Crippen LogP contribution >= 0.6 is 0 Å². The molecule has 2 aromatic carbocycles. The second-order valence-corrected chi connectivity index (χ2v) is 12.1. The van der Waals surface area contributed by atoms with Crippen molar-refractivity contribution in [1.82, 2.24) is 10.3 Å². The van der Waals surface area contributed by atoms with E-state index in [0.717, 1.165) is 24.3 Å². The van der Waals surface area contributed by atoms with Gasteiger partial charge in [-0.15, -0.1) is 0 Å². The zero-order valence-corrected chi connectivity index (χ0v) is 23.4. The first-order valence-electron chi connectivity index (χ1n) is 13.0. The molecule has 2 aliphatic carbocycles. The van der Waals surface area contributed by atoms with Crippen LogP contribution in [0.25, 0.3) is 11.1 Å². The number of amides is 2. The predicted molar refractivity (Wildman–Crippen MR) is 147 cm³/mol. The second-order valence-electron chi connectivity index (χ2n) is 10.2. The Hall–Kier alpha value is -4.79. The van der Waals surface area contributed by atoms with Gasteiger partial charge in [0.1, 0.15) is 17.3 Å². The molecule has 2 bridgehead atoms. The highest BCUT2D eigenvalue weighted by Gasteiger charge is 2.49. The van der Waals surface area contributed by atoms with Crippen molar-refractivity contribution >= 4 is 33.3 Å². The van der Waals surface area contributed by atoms with Gasteiger partial charge in [0.25, 0.3) is 15.7 Å². The molecule has 3 aromatic rings. The van der Waals surface area contributed by atoms with Crippen LogP contribution in [-0.4, -0.2) is 55.0 Å². The number of sulfone groups is 1. The molecule has 44 heavy (non-hydrogen) atoms. The summed E-state index contributed by atoms with van der Waals surface area (Å²) >= 11 is 0. The average Bonchev–Trinajstić information content (AvgIpc) is 3.58. The number of fused-ring (bicyclic) bond motifs is 2. The maximum atomic E-state index is 15.0. The van der Waals surface area contributed by atoms with Crippen LogP contribution in [0, 0.1) is 23.6 Å². The van der Waals surface area contributed by atoms with E-state index in [1.54, 1.807) is 6.08 Å².